The normalized spacial score (nSPS) is 10.5. The van der Waals surface area contributed by atoms with Gasteiger partial charge in [0.2, 0.25) is 0 Å². The molecular formula is C17H12Cl2N2O5. The molecule has 0 spiro atoms. The molecule has 0 aromatic heterocycles. The molecule has 134 valence electrons. The van der Waals surface area contributed by atoms with Crippen molar-refractivity contribution in [2.24, 2.45) is 0 Å². The van der Waals surface area contributed by atoms with Gasteiger partial charge in [0.1, 0.15) is 0 Å². The van der Waals surface area contributed by atoms with Crippen LogP contribution in [0, 0.1) is 10.1 Å². The first kappa shape index (κ1) is 19.4. The second-order valence-electron chi connectivity index (χ2n) is 4.93. The van der Waals surface area contributed by atoms with Gasteiger partial charge in [-0.25, -0.2) is 4.79 Å². The number of non-ortho nitro benzene ring substituents is 1. The van der Waals surface area contributed by atoms with Gasteiger partial charge in [-0.3, -0.25) is 14.9 Å². The summed E-state index contributed by atoms with van der Waals surface area (Å²) in [5.41, 5.74) is 0.599. The Balaban J connectivity index is 1.88. The van der Waals surface area contributed by atoms with Crippen molar-refractivity contribution >= 4 is 52.5 Å². The quantitative estimate of drug-likeness (QED) is 0.344. The maximum Gasteiger partial charge on any atom is 0.331 e. The van der Waals surface area contributed by atoms with E-state index in [1.165, 1.54) is 18.2 Å². The summed E-state index contributed by atoms with van der Waals surface area (Å²) in [4.78, 5) is 33.5. The van der Waals surface area contributed by atoms with Crippen LogP contribution in [0.4, 0.5) is 11.4 Å². The molecule has 0 saturated heterocycles. The number of rotatable bonds is 6. The molecule has 0 aliphatic carbocycles. The molecule has 2 aromatic rings. The Labute approximate surface area is 158 Å². The lowest BCUT2D eigenvalue weighted by Gasteiger charge is -2.07. The number of carbonyl (C=O) groups excluding carboxylic acids is 2. The number of anilines is 1. The standard InChI is InChI=1S/C17H12Cl2N2O5/c18-13-4-2-1-3-11(13)5-8-17(23)26-10-16(22)20-15-7-6-12(21(24)25)9-14(15)19/h1-9H,10H2,(H,20,22)/b8-5+. The summed E-state index contributed by atoms with van der Waals surface area (Å²) in [6, 6.07) is 10.5. The topological polar surface area (TPSA) is 98.5 Å². The number of esters is 1. The maximum atomic E-state index is 11.8. The second-order valence-corrected chi connectivity index (χ2v) is 5.75. The van der Waals surface area contributed by atoms with Crippen molar-refractivity contribution in [1.82, 2.24) is 0 Å². The van der Waals surface area contributed by atoms with Gasteiger partial charge in [0.05, 0.1) is 15.6 Å². The van der Waals surface area contributed by atoms with Crippen molar-refractivity contribution in [1.29, 1.82) is 0 Å². The van der Waals surface area contributed by atoms with Crippen LogP contribution in [0.5, 0.6) is 0 Å². The number of ether oxygens (including phenoxy) is 1. The molecule has 0 radical (unpaired) electrons. The third-order valence-electron chi connectivity index (χ3n) is 3.09. The molecule has 0 aliphatic rings. The average molecular weight is 395 g/mol. The van der Waals surface area contributed by atoms with Crippen molar-refractivity contribution in [3.8, 4) is 0 Å². The zero-order chi connectivity index (χ0) is 19.1. The first-order valence-electron chi connectivity index (χ1n) is 7.20. The SMILES string of the molecule is O=C(COC(=O)/C=C/c1ccccc1Cl)Nc1ccc([N+](=O)[O-])cc1Cl. The van der Waals surface area contributed by atoms with Gasteiger partial charge in [0, 0.05) is 23.2 Å². The third-order valence-corrected chi connectivity index (χ3v) is 3.74. The first-order chi connectivity index (χ1) is 12.4. The van der Waals surface area contributed by atoms with Crippen LogP contribution >= 0.6 is 23.2 Å². The highest BCUT2D eigenvalue weighted by molar-refractivity contribution is 6.34. The van der Waals surface area contributed by atoms with Crippen molar-refractivity contribution in [3.05, 3.63) is 74.3 Å². The molecule has 0 fully saturated rings. The van der Waals surface area contributed by atoms with Crippen LogP contribution in [0.15, 0.2) is 48.5 Å². The molecule has 26 heavy (non-hydrogen) atoms. The van der Waals surface area contributed by atoms with Crippen molar-refractivity contribution in [2.45, 2.75) is 0 Å². The Bertz CT molecular complexity index is 883. The Hall–Kier alpha value is -2.90. The highest BCUT2D eigenvalue weighted by Crippen LogP contribution is 2.26. The molecular weight excluding hydrogens is 383 g/mol. The number of benzene rings is 2. The molecule has 2 rings (SSSR count). The van der Waals surface area contributed by atoms with E-state index in [-0.39, 0.29) is 16.4 Å². The Morgan fingerprint density at radius 3 is 2.54 bits per heavy atom. The molecule has 7 nitrogen and oxygen atoms in total. The summed E-state index contributed by atoms with van der Waals surface area (Å²) in [6.45, 7) is -0.543. The van der Waals surface area contributed by atoms with Gasteiger partial charge in [-0.05, 0) is 23.8 Å². The number of hydrogen-bond acceptors (Lipinski definition) is 5. The molecule has 1 amide bonds. The van der Waals surface area contributed by atoms with E-state index < -0.39 is 23.4 Å². The number of carbonyl (C=O) groups is 2. The summed E-state index contributed by atoms with van der Waals surface area (Å²) < 4.78 is 4.81. The predicted octanol–water partition coefficient (Wildman–Crippen LogP) is 4.10. The maximum absolute atomic E-state index is 11.8. The van der Waals surface area contributed by atoms with E-state index in [0.29, 0.717) is 10.6 Å². The number of nitrogens with one attached hydrogen (secondary N) is 1. The van der Waals surface area contributed by atoms with Crippen LogP contribution in [-0.2, 0) is 14.3 Å². The third kappa shape index (κ3) is 5.58. The summed E-state index contributed by atoms with van der Waals surface area (Å²) in [5, 5.41) is 13.5. The summed E-state index contributed by atoms with van der Waals surface area (Å²) in [5.74, 6) is -1.37. The van der Waals surface area contributed by atoms with Crippen LogP contribution in [0.25, 0.3) is 6.08 Å². The number of hydrogen-bond donors (Lipinski definition) is 1. The molecule has 2 aromatic carbocycles. The minimum atomic E-state index is -0.727. The van der Waals surface area contributed by atoms with E-state index in [1.54, 1.807) is 24.3 Å². The minimum Gasteiger partial charge on any atom is -0.452 e. The number of nitro groups is 1. The fourth-order valence-electron chi connectivity index (χ4n) is 1.86. The lowest BCUT2D eigenvalue weighted by atomic mass is 10.2. The Morgan fingerprint density at radius 1 is 1.15 bits per heavy atom. The highest BCUT2D eigenvalue weighted by Gasteiger charge is 2.12. The zero-order valence-electron chi connectivity index (χ0n) is 13.1. The Morgan fingerprint density at radius 2 is 1.88 bits per heavy atom. The van der Waals surface area contributed by atoms with Gasteiger partial charge < -0.3 is 10.1 Å². The van der Waals surface area contributed by atoms with E-state index in [4.69, 9.17) is 27.9 Å². The van der Waals surface area contributed by atoms with Gasteiger partial charge in [0.15, 0.2) is 6.61 Å². The summed E-state index contributed by atoms with van der Waals surface area (Å²) >= 11 is 11.8. The molecule has 0 heterocycles. The summed E-state index contributed by atoms with van der Waals surface area (Å²) in [6.07, 6.45) is 2.61. The number of nitro benzene ring substituents is 1. The summed E-state index contributed by atoms with van der Waals surface area (Å²) in [7, 11) is 0. The first-order valence-corrected chi connectivity index (χ1v) is 7.95. The predicted molar refractivity (Wildman–Crippen MR) is 98.2 cm³/mol. The largest absolute Gasteiger partial charge is 0.452 e. The molecule has 0 bridgehead atoms. The van der Waals surface area contributed by atoms with Crippen molar-refractivity contribution < 1.29 is 19.2 Å². The molecule has 0 unspecified atom stereocenters. The van der Waals surface area contributed by atoms with Crippen LogP contribution < -0.4 is 5.32 Å². The smallest absolute Gasteiger partial charge is 0.331 e. The van der Waals surface area contributed by atoms with Crippen LogP contribution in [0.1, 0.15) is 5.56 Å². The average Bonchev–Trinajstić information content (AvgIpc) is 2.60. The van der Waals surface area contributed by atoms with E-state index >= 15 is 0 Å². The highest BCUT2D eigenvalue weighted by atomic mass is 35.5. The van der Waals surface area contributed by atoms with Gasteiger partial charge in [0.25, 0.3) is 11.6 Å². The number of amides is 1. The van der Waals surface area contributed by atoms with Crippen LogP contribution in [-0.4, -0.2) is 23.4 Å². The molecule has 0 aliphatic heterocycles. The number of nitrogens with zero attached hydrogens (tertiary/aromatic N) is 1. The van der Waals surface area contributed by atoms with Crippen LogP contribution in [0.2, 0.25) is 10.0 Å². The van der Waals surface area contributed by atoms with E-state index in [1.807, 2.05) is 0 Å². The minimum absolute atomic E-state index is 0.00232. The molecule has 9 heteroatoms. The van der Waals surface area contributed by atoms with Crippen LogP contribution in [0.3, 0.4) is 0 Å². The van der Waals surface area contributed by atoms with Gasteiger partial charge in [-0.2, -0.15) is 0 Å². The van der Waals surface area contributed by atoms with E-state index in [0.717, 1.165) is 12.1 Å². The molecule has 1 N–H and O–H groups in total. The lowest BCUT2D eigenvalue weighted by molar-refractivity contribution is -0.384. The fraction of sp³-hybridized carbons (Fsp3) is 0.0588. The molecule has 0 atom stereocenters. The fourth-order valence-corrected chi connectivity index (χ4v) is 2.28. The van der Waals surface area contributed by atoms with Gasteiger partial charge in [-0.15, -0.1) is 0 Å². The van der Waals surface area contributed by atoms with E-state index in [9.17, 15) is 19.7 Å². The van der Waals surface area contributed by atoms with Gasteiger partial charge in [-0.1, -0.05) is 41.4 Å². The lowest BCUT2D eigenvalue weighted by Crippen LogP contribution is -2.20. The van der Waals surface area contributed by atoms with Crippen molar-refractivity contribution in [3.63, 3.8) is 0 Å². The zero-order valence-corrected chi connectivity index (χ0v) is 14.7. The number of halogens is 2. The monoisotopic (exact) mass is 394 g/mol. The Kier molecular flexibility index (Phi) is 6.71. The second kappa shape index (κ2) is 8.98. The van der Waals surface area contributed by atoms with Gasteiger partial charge >= 0.3 is 5.97 Å². The van der Waals surface area contributed by atoms with Crippen molar-refractivity contribution in [2.75, 3.05) is 11.9 Å². The van der Waals surface area contributed by atoms with E-state index in [2.05, 4.69) is 5.32 Å². The molecule has 0 saturated carbocycles.